The van der Waals surface area contributed by atoms with Crippen molar-refractivity contribution in [3.05, 3.63) is 83.2 Å². The first-order chi connectivity index (χ1) is 17.0. The first-order valence-corrected chi connectivity index (χ1v) is 13.0. The Balaban J connectivity index is 1.25. The lowest BCUT2D eigenvalue weighted by Gasteiger charge is -2.30. The highest BCUT2D eigenvalue weighted by Gasteiger charge is 2.30. The van der Waals surface area contributed by atoms with Gasteiger partial charge < -0.3 is 9.64 Å². The number of benzene rings is 1. The van der Waals surface area contributed by atoms with Crippen molar-refractivity contribution in [2.75, 3.05) is 37.7 Å². The SMILES string of the molecule is O=S(=O)(c1ccc(N2CCOCC2)nc1)N1C=C2Cc3cnn(-c4ccc(F)cc4)c3C=C2CC1. The minimum atomic E-state index is -3.71. The molecule has 0 atom stereocenters. The number of rotatable bonds is 4. The van der Waals surface area contributed by atoms with Gasteiger partial charge in [-0.25, -0.2) is 22.5 Å². The summed E-state index contributed by atoms with van der Waals surface area (Å²) in [6.07, 6.45) is 8.20. The van der Waals surface area contributed by atoms with Crippen molar-refractivity contribution in [1.29, 1.82) is 0 Å². The van der Waals surface area contributed by atoms with Crippen molar-refractivity contribution in [3.63, 3.8) is 0 Å². The van der Waals surface area contributed by atoms with Crippen molar-refractivity contribution in [3.8, 4) is 5.69 Å². The Labute approximate surface area is 203 Å². The summed E-state index contributed by atoms with van der Waals surface area (Å²) in [6, 6.07) is 9.60. The van der Waals surface area contributed by atoms with Crippen molar-refractivity contribution < 1.29 is 17.5 Å². The lowest BCUT2D eigenvalue weighted by molar-refractivity contribution is 0.122. The maximum Gasteiger partial charge on any atom is 0.265 e. The van der Waals surface area contributed by atoms with Gasteiger partial charge in [0.05, 0.1) is 30.8 Å². The molecule has 1 saturated heterocycles. The second-order valence-corrected chi connectivity index (χ2v) is 10.7. The van der Waals surface area contributed by atoms with Crippen molar-refractivity contribution in [2.24, 2.45) is 0 Å². The fraction of sp³-hybridized carbons (Fsp3) is 0.280. The van der Waals surface area contributed by atoms with Gasteiger partial charge in [-0.1, -0.05) is 0 Å². The maximum atomic E-state index is 13.4. The standard InChI is InChI=1S/C25H24FN5O3S/c26-21-1-3-22(4-2-21)31-24-14-18-7-8-30(17-20(18)13-19(24)15-28-31)35(32,33)23-5-6-25(27-16-23)29-9-11-34-12-10-29/h1-6,14-17H,7-13H2. The van der Waals surface area contributed by atoms with Crippen LogP contribution in [-0.4, -0.2) is 60.3 Å². The molecule has 3 aliphatic rings. The molecule has 3 aromatic rings. The molecule has 0 amide bonds. The van der Waals surface area contributed by atoms with Gasteiger partial charge in [-0.3, -0.25) is 4.31 Å². The van der Waals surface area contributed by atoms with E-state index < -0.39 is 10.0 Å². The van der Waals surface area contributed by atoms with Crippen LogP contribution in [0.2, 0.25) is 0 Å². The zero-order valence-electron chi connectivity index (χ0n) is 19.0. The topological polar surface area (TPSA) is 80.6 Å². The molecule has 180 valence electrons. The molecule has 2 aromatic heterocycles. The monoisotopic (exact) mass is 493 g/mol. The quantitative estimate of drug-likeness (QED) is 0.556. The molecule has 35 heavy (non-hydrogen) atoms. The normalized spacial score (nSPS) is 18.0. The minimum Gasteiger partial charge on any atom is -0.378 e. The average molecular weight is 494 g/mol. The predicted octanol–water partition coefficient (Wildman–Crippen LogP) is 3.16. The molecule has 10 heteroatoms. The number of sulfonamides is 1. The summed E-state index contributed by atoms with van der Waals surface area (Å²) < 4.78 is 48.6. The van der Waals surface area contributed by atoms with E-state index in [0.29, 0.717) is 32.6 Å². The van der Waals surface area contributed by atoms with E-state index in [1.807, 2.05) is 0 Å². The van der Waals surface area contributed by atoms with Gasteiger partial charge in [0.1, 0.15) is 16.5 Å². The van der Waals surface area contributed by atoms with Gasteiger partial charge in [-0.15, -0.1) is 0 Å². The van der Waals surface area contributed by atoms with Crippen molar-refractivity contribution in [2.45, 2.75) is 17.7 Å². The Morgan fingerprint density at radius 2 is 1.74 bits per heavy atom. The second-order valence-electron chi connectivity index (χ2n) is 8.76. The van der Waals surface area contributed by atoms with E-state index in [9.17, 15) is 12.8 Å². The molecule has 0 spiro atoms. The van der Waals surface area contributed by atoms with Crippen LogP contribution in [0.15, 0.2) is 71.0 Å². The Kier molecular flexibility index (Phi) is 5.42. The number of hydrogen-bond donors (Lipinski definition) is 0. The Morgan fingerprint density at radius 1 is 0.943 bits per heavy atom. The lowest BCUT2D eigenvalue weighted by atomic mass is 9.89. The van der Waals surface area contributed by atoms with Gasteiger partial charge >= 0.3 is 0 Å². The molecule has 0 bridgehead atoms. The van der Waals surface area contributed by atoms with Crippen LogP contribution < -0.4 is 4.90 Å². The summed E-state index contributed by atoms with van der Waals surface area (Å²) in [7, 11) is -3.71. The van der Waals surface area contributed by atoms with E-state index in [-0.39, 0.29) is 10.7 Å². The molecule has 6 rings (SSSR count). The number of allylic oxidation sites excluding steroid dienone is 1. The van der Waals surface area contributed by atoms with Crippen LogP contribution in [0.4, 0.5) is 10.2 Å². The zero-order chi connectivity index (χ0) is 24.0. The molecule has 1 fully saturated rings. The number of aromatic nitrogens is 3. The molecule has 2 aliphatic heterocycles. The number of ether oxygens (including phenoxy) is 1. The summed E-state index contributed by atoms with van der Waals surface area (Å²) in [6.45, 7) is 3.12. The first-order valence-electron chi connectivity index (χ1n) is 11.5. The van der Waals surface area contributed by atoms with E-state index in [4.69, 9.17) is 4.74 Å². The number of pyridine rings is 1. The van der Waals surface area contributed by atoms with Crippen LogP contribution in [-0.2, 0) is 21.2 Å². The number of anilines is 1. The molecule has 0 radical (unpaired) electrons. The van der Waals surface area contributed by atoms with E-state index in [1.165, 1.54) is 22.6 Å². The Bertz CT molecular complexity index is 1420. The highest BCUT2D eigenvalue weighted by molar-refractivity contribution is 7.89. The molecule has 1 aromatic carbocycles. The maximum absolute atomic E-state index is 13.4. The Morgan fingerprint density at radius 3 is 2.49 bits per heavy atom. The third-order valence-corrected chi connectivity index (χ3v) is 8.37. The van der Waals surface area contributed by atoms with E-state index >= 15 is 0 Å². The number of morpholine rings is 1. The molecule has 4 heterocycles. The van der Waals surface area contributed by atoms with E-state index in [1.54, 1.807) is 41.3 Å². The summed E-state index contributed by atoms with van der Waals surface area (Å²) in [5, 5.41) is 4.49. The van der Waals surface area contributed by atoms with Crippen LogP contribution in [0.1, 0.15) is 17.7 Å². The predicted molar refractivity (Wildman–Crippen MR) is 129 cm³/mol. The second kappa shape index (κ2) is 8.62. The summed E-state index contributed by atoms with van der Waals surface area (Å²) >= 11 is 0. The number of halogens is 1. The number of hydrogen-bond acceptors (Lipinski definition) is 6. The number of nitrogens with zero attached hydrogens (tertiary/aromatic N) is 5. The molecule has 0 saturated carbocycles. The number of fused-ring (bicyclic) bond motifs is 2. The smallest absolute Gasteiger partial charge is 0.265 e. The highest BCUT2D eigenvalue weighted by Crippen LogP contribution is 2.35. The van der Waals surface area contributed by atoms with Crippen molar-refractivity contribution >= 4 is 21.9 Å². The zero-order valence-corrected chi connectivity index (χ0v) is 19.8. The fourth-order valence-corrected chi connectivity index (χ4v) is 6.00. The first kappa shape index (κ1) is 22.0. The molecule has 0 unspecified atom stereocenters. The van der Waals surface area contributed by atoms with Gasteiger partial charge in [0, 0.05) is 44.0 Å². The summed E-state index contributed by atoms with van der Waals surface area (Å²) in [5.41, 5.74) is 4.78. The largest absolute Gasteiger partial charge is 0.378 e. The van der Waals surface area contributed by atoms with Gasteiger partial charge in [-0.05, 0) is 60.0 Å². The van der Waals surface area contributed by atoms with Crippen LogP contribution in [0.5, 0.6) is 0 Å². The van der Waals surface area contributed by atoms with Crippen molar-refractivity contribution in [1.82, 2.24) is 19.1 Å². The van der Waals surface area contributed by atoms with Crippen LogP contribution in [0.3, 0.4) is 0 Å². The van der Waals surface area contributed by atoms with Gasteiger partial charge in [0.15, 0.2) is 0 Å². The van der Waals surface area contributed by atoms with E-state index in [0.717, 1.165) is 47.0 Å². The molecule has 1 aliphatic carbocycles. The Hall–Kier alpha value is -3.50. The molecule has 0 N–H and O–H groups in total. The van der Waals surface area contributed by atoms with Gasteiger partial charge in [0.25, 0.3) is 10.0 Å². The van der Waals surface area contributed by atoms with Crippen LogP contribution >= 0.6 is 0 Å². The average Bonchev–Trinajstić information content (AvgIpc) is 3.30. The minimum absolute atomic E-state index is 0.180. The third-order valence-electron chi connectivity index (χ3n) is 6.63. The van der Waals surface area contributed by atoms with Gasteiger partial charge in [-0.2, -0.15) is 5.10 Å². The molecule has 8 nitrogen and oxygen atoms in total. The van der Waals surface area contributed by atoms with E-state index in [2.05, 4.69) is 21.1 Å². The van der Waals surface area contributed by atoms with Crippen LogP contribution in [0, 0.1) is 5.82 Å². The highest BCUT2D eigenvalue weighted by atomic mass is 32.2. The lowest BCUT2D eigenvalue weighted by Crippen LogP contribution is -2.36. The molecular weight excluding hydrogens is 469 g/mol. The summed E-state index contributed by atoms with van der Waals surface area (Å²) in [5.74, 6) is 0.463. The molecular formula is C25H24FN5O3S. The summed E-state index contributed by atoms with van der Waals surface area (Å²) in [4.78, 5) is 6.68. The third kappa shape index (κ3) is 4.02. The van der Waals surface area contributed by atoms with Gasteiger partial charge in [0.2, 0.25) is 0 Å². The van der Waals surface area contributed by atoms with Crippen LogP contribution in [0.25, 0.3) is 11.8 Å². The fourth-order valence-electron chi connectivity index (χ4n) is 4.71.